The maximum Gasteiger partial charge on any atom is 0.305 e. The average Bonchev–Trinajstić information content (AvgIpc) is 3.39. The molecule has 2 amide bonds. The van der Waals surface area contributed by atoms with Crippen molar-refractivity contribution in [3.8, 4) is 5.75 Å². The van der Waals surface area contributed by atoms with Crippen LogP contribution in [0.15, 0.2) is 82.6 Å². The van der Waals surface area contributed by atoms with Gasteiger partial charge in [0.25, 0.3) is 0 Å². The van der Waals surface area contributed by atoms with Crippen LogP contribution in [0, 0.1) is 18.7 Å². The molecule has 3 aromatic carbocycles. The number of nitrogens with one attached hydrogen (secondary N) is 1. The molecule has 0 bridgehead atoms. The van der Waals surface area contributed by atoms with Gasteiger partial charge in [-0.1, -0.05) is 71.1 Å². The molecule has 1 N–H and O–H groups in total. The van der Waals surface area contributed by atoms with Crippen molar-refractivity contribution in [2.24, 2.45) is 5.92 Å². The number of H-pyrrole nitrogens is 1. The zero-order valence-corrected chi connectivity index (χ0v) is 21.3. The van der Waals surface area contributed by atoms with E-state index in [0.29, 0.717) is 27.9 Å². The predicted molar refractivity (Wildman–Crippen MR) is 141 cm³/mol. The molecule has 0 radical (unpaired) electrons. The summed E-state index contributed by atoms with van der Waals surface area (Å²) in [7, 11) is 0. The van der Waals surface area contributed by atoms with Gasteiger partial charge in [0.05, 0.1) is 16.6 Å². The van der Waals surface area contributed by atoms with Gasteiger partial charge in [0.15, 0.2) is 0 Å². The number of aromatic amines is 1. The number of halogens is 1. The highest BCUT2D eigenvalue weighted by Crippen LogP contribution is 2.54. The van der Waals surface area contributed by atoms with E-state index in [-0.39, 0.29) is 16.7 Å². The summed E-state index contributed by atoms with van der Waals surface area (Å²) in [6, 6.07) is 20.8. The fourth-order valence-corrected chi connectivity index (χ4v) is 7.42. The van der Waals surface area contributed by atoms with Crippen molar-refractivity contribution in [2.45, 2.75) is 29.7 Å². The number of amides is 2. The fraction of sp³-hybridized carbons (Fsp3) is 0.179. The Labute approximate surface area is 220 Å². The minimum Gasteiger partial charge on any atom is -0.489 e. The van der Waals surface area contributed by atoms with Gasteiger partial charge in [-0.3, -0.25) is 14.4 Å². The van der Waals surface area contributed by atoms with Crippen LogP contribution in [0.2, 0.25) is 0 Å². The average molecular weight is 533 g/mol. The number of rotatable bonds is 5. The van der Waals surface area contributed by atoms with Gasteiger partial charge < -0.3 is 9.72 Å². The molecule has 2 aliphatic heterocycles. The molecule has 6 rings (SSSR count). The first-order chi connectivity index (χ1) is 17.9. The number of benzene rings is 3. The number of nitrogens with zero attached hydrogens (tertiary/aromatic N) is 1. The van der Waals surface area contributed by atoms with Crippen molar-refractivity contribution in [2.75, 3.05) is 4.90 Å². The van der Waals surface area contributed by atoms with Crippen LogP contribution in [-0.2, 0) is 16.2 Å². The van der Waals surface area contributed by atoms with E-state index in [1.807, 2.05) is 55.5 Å². The van der Waals surface area contributed by atoms with E-state index < -0.39 is 22.9 Å². The number of carbonyl (C=O) groups excluding carboxylic acids is 2. The number of imide groups is 1. The number of para-hydroxylation sites is 1. The van der Waals surface area contributed by atoms with Gasteiger partial charge in [0.1, 0.15) is 23.4 Å². The Balaban J connectivity index is 1.41. The van der Waals surface area contributed by atoms with Crippen molar-refractivity contribution in [1.82, 2.24) is 4.98 Å². The fourth-order valence-electron chi connectivity index (χ4n) is 4.91. The maximum atomic E-state index is 13.8. The van der Waals surface area contributed by atoms with E-state index in [2.05, 4.69) is 4.98 Å². The molecule has 37 heavy (non-hydrogen) atoms. The number of ether oxygens (including phenoxy) is 1. The second-order valence-corrected chi connectivity index (χ2v) is 11.2. The number of thioether (sulfide) groups is 1. The third-order valence-corrected chi connectivity index (χ3v) is 9.08. The number of aryl methyl sites for hydroxylation is 1. The number of hydrogen-bond acceptors (Lipinski definition) is 6. The number of anilines is 1. The highest BCUT2D eigenvalue weighted by atomic mass is 32.2. The van der Waals surface area contributed by atoms with Gasteiger partial charge in [-0.2, -0.15) is 0 Å². The normalized spacial score (nSPS) is 20.6. The molecular weight excluding hydrogens is 511 g/mol. The first-order valence-electron chi connectivity index (χ1n) is 11.7. The van der Waals surface area contributed by atoms with Crippen molar-refractivity contribution in [1.29, 1.82) is 0 Å². The van der Waals surface area contributed by atoms with Crippen LogP contribution < -0.4 is 14.5 Å². The number of carbonyl (C=O) groups is 2. The molecule has 9 heteroatoms. The topological polar surface area (TPSA) is 79.5 Å². The van der Waals surface area contributed by atoms with Crippen molar-refractivity contribution < 1.29 is 18.7 Å². The summed E-state index contributed by atoms with van der Waals surface area (Å²) in [5.74, 6) is -1.92. The second kappa shape index (κ2) is 9.32. The van der Waals surface area contributed by atoms with E-state index in [0.717, 1.165) is 32.9 Å². The highest BCUT2D eigenvalue weighted by molar-refractivity contribution is 8.00. The molecule has 3 unspecified atom stereocenters. The van der Waals surface area contributed by atoms with Crippen LogP contribution in [0.25, 0.3) is 0 Å². The Morgan fingerprint density at radius 2 is 1.68 bits per heavy atom. The number of aromatic nitrogens is 1. The first-order valence-corrected chi connectivity index (χ1v) is 13.4. The standard InChI is InChI=1S/C28H21FN2O4S2/c1-15-6-8-16(9-7-15)14-35-20-5-3-2-4-19(20)21-22-24(36-25-23(21)37-28(34)30-25)27(33)31(26(22)32)18-12-10-17(29)11-13-18/h2-13,21-22,24H,14H2,1H3,(H,30,34). The largest absolute Gasteiger partial charge is 0.489 e. The third-order valence-electron chi connectivity index (χ3n) is 6.68. The lowest BCUT2D eigenvalue weighted by Crippen LogP contribution is -2.32. The summed E-state index contributed by atoms with van der Waals surface area (Å²) >= 11 is 2.26. The Morgan fingerprint density at radius 1 is 0.946 bits per heavy atom. The quantitative estimate of drug-likeness (QED) is 0.355. The second-order valence-electron chi connectivity index (χ2n) is 9.05. The summed E-state index contributed by atoms with van der Waals surface area (Å²) in [6.07, 6.45) is 0. The predicted octanol–water partition coefficient (Wildman–Crippen LogP) is 5.26. The van der Waals surface area contributed by atoms with Crippen molar-refractivity contribution in [3.05, 3.63) is 110 Å². The number of thiazole rings is 1. The molecule has 1 fully saturated rings. The van der Waals surface area contributed by atoms with Crippen LogP contribution in [0.1, 0.15) is 27.5 Å². The lowest BCUT2D eigenvalue weighted by atomic mass is 9.82. The maximum absolute atomic E-state index is 13.8. The monoisotopic (exact) mass is 532 g/mol. The van der Waals surface area contributed by atoms with Crippen molar-refractivity contribution in [3.63, 3.8) is 0 Å². The van der Waals surface area contributed by atoms with E-state index in [4.69, 9.17) is 4.74 Å². The van der Waals surface area contributed by atoms with Gasteiger partial charge in [-0.25, -0.2) is 9.29 Å². The summed E-state index contributed by atoms with van der Waals surface area (Å²) in [5, 5.41) is -0.137. The highest BCUT2D eigenvalue weighted by Gasteiger charge is 2.56. The Bertz CT molecular complexity index is 1560. The number of fused-ring (bicyclic) bond motifs is 2. The SMILES string of the molecule is Cc1ccc(COc2ccccc2C2c3sc(=O)[nH]c3SC3C(=O)N(c4ccc(F)cc4)C(=O)C32)cc1. The molecule has 1 saturated heterocycles. The van der Waals surface area contributed by atoms with Gasteiger partial charge in [0.2, 0.25) is 11.8 Å². The molecule has 186 valence electrons. The van der Waals surface area contributed by atoms with Crippen LogP contribution in [-0.4, -0.2) is 22.0 Å². The Kier molecular flexibility index (Phi) is 5.97. The van der Waals surface area contributed by atoms with Crippen LogP contribution >= 0.6 is 23.1 Å². The molecule has 1 aromatic heterocycles. The molecule has 2 aliphatic rings. The molecule has 3 atom stereocenters. The minimum atomic E-state index is -0.745. The van der Waals surface area contributed by atoms with E-state index in [1.54, 1.807) is 0 Å². The summed E-state index contributed by atoms with van der Waals surface area (Å²) < 4.78 is 19.8. The minimum absolute atomic E-state index is 0.240. The van der Waals surface area contributed by atoms with Crippen LogP contribution in [0.3, 0.4) is 0 Å². The summed E-state index contributed by atoms with van der Waals surface area (Å²) in [5.41, 5.74) is 3.22. The molecule has 3 heterocycles. The molecule has 0 aliphatic carbocycles. The van der Waals surface area contributed by atoms with Gasteiger partial charge >= 0.3 is 4.87 Å². The van der Waals surface area contributed by atoms with E-state index in [1.165, 1.54) is 36.0 Å². The smallest absolute Gasteiger partial charge is 0.305 e. The third kappa shape index (κ3) is 4.18. The van der Waals surface area contributed by atoms with E-state index in [9.17, 15) is 18.8 Å². The Morgan fingerprint density at radius 3 is 2.43 bits per heavy atom. The van der Waals surface area contributed by atoms with Gasteiger partial charge in [0, 0.05) is 16.4 Å². The number of hydrogen-bond donors (Lipinski definition) is 1. The van der Waals surface area contributed by atoms with Crippen molar-refractivity contribution >= 4 is 40.6 Å². The molecule has 6 nitrogen and oxygen atoms in total. The van der Waals surface area contributed by atoms with Gasteiger partial charge in [-0.05, 0) is 42.8 Å². The first kappa shape index (κ1) is 23.7. The van der Waals surface area contributed by atoms with Crippen LogP contribution in [0.4, 0.5) is 10.1 Å². The van der Waals surface area contributed by atoms with Gasteiger partial charge in [-0.15, -0.1) is 0 Å². The summed E-state index contributed by atoms with van der Waals surface area (Å²) in [6.45, 7) is 2.35. The van der Waals surface area contributed by atoms with Crippen LogP contribution in [0.5, 0.6) is 5.75 Å². The molecule has 0 spiro atoms. The molecule has 0 saturated carbocycles. The van der Waals surface area contributed by atoms with E-state index >= 15 is 0 Å². The molecule has 4 aromatic rings. The zero-order chi connectivity index (χ0) is 25.7. The lowest BCUT2D eigenvalue weighted by molar-refractivity contribution is -0.122. The lowest BCUT2D eigenvalue weighted by Gasteiger charge is -2.30. The summed E-state index contributed by atoms with van der Waals surface area (Å²) in [4.78, 5) is 44.2. The molecular formula is C28H21FN2O4S2. The Hall–Kier alpha value is -3.69. The zero-order valence-electron chi connectivity index (χ0n) is 19.6.